The first-order valence-corrected chi connectivity index (χ1v) is 12.4. The number of carbonyl (C=O) groups is 1. The van der Waals surface area contributed by atoms with E-state index in [1.54, 1.807) is 31.2 Å². The van der Waals surface area contributed by atoms with Gasteiger partial charge in [0.1, 0.15) is 5.75 Å². The van der Waals surface area contributed by atoms with Crippen molar-refractivity contribution in [1.82, 2.24) is 14.5 Å². The van der Waals surface area contributed by atoms with E-state index in [0.717, 1.165) is 18.7 Å². The van der Waals surface area contributed by atoms with Gasteiger partial charge >= 0.3 is 0 Å². The minimum Gasteiger partial charge on any atom is -0.481 e. The van der Waals surface area contributed by atoms with Gasteiger partial charge in [0.05, 0.1) is 4.90 Å². The molecule has 0 aromatic heterocycles. The maximum atomic E-state index is 12.8. The SMILES string of the molecule is CC(Oc1ccc(C(C)C)cc1)C(=O)NCc1ccc(S(=O)(=O)N2CCN(C)CC2)cc1. The Labute approximate surface area is 191 Å². The van der Waals surface area contributed by atoms with Crippen molar-refractivity contribution in [2.75, 3.05) is 33.2 Å². The number of rotatable bonds is 8. The molecule has 1 unspecified atom stereocenters. The van der Waals surface area contributed by atoms with Crippen LogP contribution >= 0.6 is 0 Å². The summed E-state index contributed by atoms with van der Waals surface area (Å²) < 4.78 is 32.9. The predicted octanol–water partition coefficient (Wildman–Crippen LogP) is 2.83. The molecule has 174 valence electrons. The largest absolute Gasteiger partial charge is 0.481 e. The Morgan fingerprint density at radius 3 is 2.12 bits per heavy atom. The third-order valence-corrected chi connectivity index (χ3v) is 7.63. The van der Waals surface area contributed by atoms with Crippen LogP contribution in [0.15, 0.2) is 53.4 Å². The molecule has 0 spiro atoms. The van der Waals surface area contributed by atoms with Crippen molar-refractivity contribution in [1.29, 1.82) is 0 Å². The lowest BCUT2D eigenvalue weighted by Gasteiger charge is -2.31. The van der Waals surface area contributed by atoms with E-state index in [1.165, 1.54) is 9.87 Å². The van der Waals surface area contributed by atoms with Crippen LogP contribution in [0, 0.1) is 0 Å². The number of nitrogens with zero attached hydrogens (tertiary/aromatic N) is 2. The van der Waals surface area contributed by atoms with Crippen LogP contribution in [0.1, 0.15) is 37.8 Å². The highest BCUT2D eigenvalue weighted by molar-refractivity contribution is 7.89. The molecule has 1 fully saturated rings. The van der Waals surface area contributed by atoms with Crippen LogP contribution in [-0.4, -0.2) is 62.9 Å². The third kappa shape index (κ3) is 6.09. The van der Waals surface area contributed by atoms with Gasteiger partial charge in [0.2, 0.25) is 10.0 Å². The molecule has 1 amide bonds. The summed E-state index contributed by atoms with van der Waals surface area (Å²) in [5.74, 6) is 0.857. The number of nitrogens with one attached hydrogen (secondary N) is 1. The maximum Gasteiger partial charge on any atom is 0.261 e. The predicted molar refractivity (Wildman–Crippen MR) is 125 cm³/mol. The summed E-state index contributed by atoms with van der Waals surface area (Å²) in [4.78, 5) is 14.8. The molecular weight excluding hydrogens is 426 g/mol. The van der Waals surface area contributed by atoms with Crippen LogP contribution < -0.4 is 10.1 Å². The Morgan fingerprint density at radius 1 is 0.969 bits per heavy atom. The maximum absolute atomic E-state index is 12.8. The topological polar surface area (TPSA) is 78.9 Å². The molecule has 1 saturated heterocycles. The zero-order chi connectivity index (χ0) is 23.3. The van der Waals surface area contributed by atoms with Crippen molar-refractivity contribution in [3.05, 3.63) is 59.7 Å². The van der Waals surface area contributed by atoms with E-state index < -0.39 is 16.1 Å². The Bertz CT molecular complexity index is 997. The van der Waals surface area contributed by atoms with Gasteiger partial charge in [-0.3, -0.25) is 4.79 Å². The van der Waals surface area contributed by atoms with Gasteiger partial charge < -0.3 is 15.0 Å². The molecule has 0 saturated carbocycles. The van der Waals surface area contributed by atoms with Crippen molar-refractivity contribution in [3.63, 3.8) is 0 Å². The zero-order valence-corrected chi connectivity index (χ0v) is 20.1. The van der Waals surface area contributed by atoms with E-state index in [4.69, 9.17) is 4.74 Å². The Morgan fingerprint density at radius 2 is 1.56 bits per heavy atom. The standard InChI is InChI=1S/C24H33N3O4S/c1-18(2)21-7-9-22(10-8-21)31-19(3)24(28)25-17-20-5-11-23(12-6-20)32(29,30)27-15-13-26(4)14-16-27/h5-12,18-19H,13-17H2,1-4H3,(H,25,28). The lowest BCUT2D eigenvalue weighted by molar-refractivity contribution is -0.127. The minimum absolute atomic E-state index is 0.230. The smallest absolute Gasteiger partial charge is 0.261 e. The molecule has 8 heteroatoms. The van der Waals surface area contributed by atoms with E-state index in [-0.39, 0.29) is 10.8 Å². The summed E-state index contributed by atoms with van der Waals surface area (Å²) in [6, 6.07) is 14.4. The number of benzene rings is 2. The van der Waals surface area contributed by atoms with Crippen LogP contribution in [0.25, 0.3) is 0 Å². The Hall–Kier alpha value is -2.42. The molecule has 0 bridgehead atoms. The number of piperazine rings is 1. The van der Waals surface area contributed by atoms with E-state index in [1.807, 2.05) is 31.3 Å². The van der Waals surface area contributed by atoms with Crippen LogP contribution in [0.5, 0.6) is 5.75 Å². The van der Waals surface area contributed by atoms with Crippen LogP contribution in [0.2, 0.25) is 0 Å². The molecule has 1 heterocycles. The van der Waals surface area contributed by atoms with Gasteiger partial charge in [-0.05, 0) is 55.3 Å². The van der Waals surface area contributed by atoms with Crippen LogP contribution in [0.4, 0.5) is 0 Å². The van der Waals surface area contributed by atoms with Crippen LogP contribution in [-0.2, 0) is 21.4 Å². The first-order valence-electron chi connectivity index (χ1n) is 11.0. The second-order valence-corrected chi connectivity index (χ2v) is 10.5. The average Bonchev–Trinajstić information content (AvgIpc) is 2.78. The molecule has 0 radical (unpaired) electrons. The summed E-state index contributed by atoms with van der Waals surface area (Å²) >= 11 is 0. The van der Waals surface area contributed by atoms with Crippen molar-refractivity contribution in [3.8, 4) is 5.75 Å². The van der Waals surface area contributed by atoms with Crippen LogP contribution in [0.3, 0.4) is 0 Å². The Balaban J connectivity index is 1.52. The van der Waals surface area contributed by atoms with Gasteiger partial charge in [-0.2, -0.15) is 4.31 Å². The van der Waals surface area contributed by atoms with Gasteiger partial charge in [0, 0.05) is 32.7 Å². The second-order valence-electron chi connectivity index (χ2n) is 8.55. The number of sulfonamides is 1. The van der Waals surface area contributed by atoms with Crippen molar-refractivity contribution in [2.24, 2.45) is 0 Å². The summed E-state index contributed by atoms with van der Waals surface area (Å²) in [7, 11) is -1.50. The summed E-state index contributed by atoms with van der Waals surface area (Å²) in [6.07, 6.45) is -0.642. The third-order valence-electron chi connectivity index (χ3n) is 5.72. The molecule has 1 aliphatic heterocycles. The highest BCUT2D eigenvalue weighted by atomic mass is 32.2. The lowest BCUT2D eigenvalue weighted by Crippen LogP contribution is -2.47. The van der Waals surface area contributed by atoms with E-state index >= 15 is 0 Å². The molecule has 1 N–H and O–H groups in total. The fourth-order valence-electron chi connectivity index (χ4n) is 3.48. The minimum atomic E-state index is -3.49. The number of amides is 1. The lowest BCUT2D eigenvalue weighted by atomic mass is 10.0. The molecule has 7 nitrogen and oxygen atoms in total. The molecule has 1 atom stereocenters. The second kappa shape index (κ2) is 10.5. The number of carbonyl (C=O) groups excluding carboxylic acids is 1. The summed E-state index contributed by atoms with van der Waals surface area (Å²) in [5, 5.41) is 2.85. The molecular formula is C24H33N3O4S. The molecule has 0 aliphatic carbocycles. The summed E-state index contributed by atoms with van der Waals surface area (Å²) in [5.41, 5.74) is 2.04. The fourth-order valence-corrected chi connectivity index (χ4v) is 4.90. The molecule has 2 aromatic rings. The number of ether oxygens (including phenoxy) is 1. The van der Waals surface area contributed by atoms with Gasteiger partial charge in [-0.15, -0.1) is 0 Å². The van der Waals surface area contributed by atoms with E-state index in [0.29, 0.717) is 31.3 Å². The van der Waals surface area contributed by atoms with E-state index in [2.05, 4.69) is 24.1 Å². The van der Waals surface area contributed by atoms with Gasteiger partial charge in [0.25, 0.3) is 5.91 Å². The van der Waals surface area contributed by atoms with Gasteiger partial charge in [-0.1, -0.05) is 38.1 Å². The normalized spacial score (nSPS) is 16.7. The zero-order valence-electron chi connectivity index (χ0n) is 19.2. The highest BCUT2D eigenvalue weighted by Crippen LogP contribution is 2.20. The van der Waals surface area contributed by atoms with Crippen molar-refractivity contribution in [2.45, 2.75) is 44.2 Å². The van der Waals surface area contributed by atoms with Gasteiger partial charge in [0.15, 0.2) is 6.10 Å². The first kappa shape index (κ1) is 24.2. The van der Waals surface area contributed by atoms with Crippen molar-refractivity contribution < 1.29 is 17.9 Å². The summed E-state index contributed by atoms with van der Waals surface area (Å²) in [6.45, 7) is 8.70. The van der Waals surface area contributed by atoms with E-state index in [9.17, 15) is 13.2 Å². The average molecular weight is 460 g/mol. The fraction of sp³-hybridized carbons (Fsp3) is 0.458. The molecule has 1 aliphatic rings. The van der Waals surface area contributed by atoms with Crippen molar-refractivity contribution >= 4 is 15.9 Å². The quantitative estimate of drug-likeness (QED) is 0.657. The van der Waals surface area contributed by atoms with Gasteiger partial charge in [-0.25, -0.2) is 8.42 Å². The molecule has 2 aromatic carbocycles. The number of hydrogen-bond acceptors (Lipinski definition) is 5. The molecule has 32 heavy (non-hydrogen) atoms. The number of likely N-dealkylation sites (N-methyl/N-ethyl adjacent to an activating group) is 1. The monoisotopic (exact) mass is 459 g/mol. The Kier molecular flexibility index (Phi) is 7.92. The number of hydrogen-bond donors (Lipinski definition) is 1. The molecule has 3 rings (SSSR count). The highest BCUT2D eigenvalue weighted by Gasteiger charge is 2.27. The first-order chi connectivity index (χ1) is 15.2.